The van der Waals surface area contributed by atoms with Crippen molar-refractivity contribution >= 4 is 11.9 Å². The average molecular weight is 340 g/mol. The molecule has 0 radical (unpaired) electrons. The quantitative estimate of drug-likeness (QED) is 0.897. The summed E-state index contributed by atoms with van der Waals surface area (Å²) in [5.74, 6) is 0.0558. The van der Waals surface area contributed by atoms with Crippen molar-refractivity contribution < 1.29 is 9.59 Å². The molecule has 0 spiro atoms. The third-order valence-electron chi connectivity index (χ3n) is 4.76. The number of primary amides is 1. The fourth-order valence-corrected chi connectivity index (χ4v) is 3.42. The van der Waals surface area contributed by atoms with E-state index in [9.17, 15) is 9.59 Å². The van der Waals surface area contributed by atoms with E-state index in [1.165, 1.54) is 5.69 Å². The largest absolute Gasteiger partial charge is 0.353 e. The van der Waals surface area contributed by atoms with Crippen LogP contribution in [0.3, 0.4) is 0 Å². The Kier molecular flexibility index (Phi) is 5.07. The van der Waals surface area contributed by atoms with Gasteiger partial charge in [-0.1, -0.05) is 12.1 Å². The molecule has 3 rings (SSSR count). The highest BCUT2D eigenvalue weighted by Gasteiger charge is 2.29. The standard InChI is InChI=1S/C19H24N4O2/c1-22-11-4-6-16(22)17-5-2-3-12-23(17)18(24)15-9-7-14(8-10-15)13-21-19(20)25/h4,6-11,17H,2-3,5,12-13H2,1H3,(H3,20,21,25). The van der Waals surface area contributed by atoms with Crippen molar-refractivity contribution in [3.05, 3.63) is 59.4 Å². The lowest BCUT2D eigenvalue weighted by atomic mass is 9.98. The molecule has 1 saturated heterocycles. The highest BCUT2D eigenvalue weighted by Crippen LogP contribution is 2.32. The van der Waals surface area contributed by atoms with Crippen LogP contribution in [0, 0.1) is 0 Å². The van der Waals surface area contributed by atoms with E-state index in [2.05, 4.69) is 16.0 Å². The van der Waals surface area contributed by atoms with Crippen molar-refractivity contribution in [3.8, 4) is 0 Å². The van der Waals surface area contributed by atoms with Crippen LogP contribution < -0.4 is 11.1 Å². The summed E-state index contributed by atoms with van der Waals surface area (Å²) in [7, 11) is 2.02. The van der Waals surface area contributed by atoms with Crippen LogP contribution in [0.25, 0.3) is 0 Å². The second kappa shape index (κ2) is 7.42. The van der Waals surface area contributed by atoms with Gasteiger partial charge in [-0.05, 0) is 49.1 Å². The van der Waals surface area contributed by atoms with Gasteiger partial charge in [-0.15, -0.1) is 0 Å². The number of aromatic nitrogens is 1. The molecule has 6 nitrogen and oxygen atoms in total. The third-order valence-corrected chi connectivity index (χ3v) is 4.76. The Morgan fingerprint density at radius 3 is 2.60 bits per heavy atom. The van der Waals surface area contributed by atoms with E-state index in [1.807, 2.05) is 48.5 Å². The molecule has 1 aliphatic rings. The molecule has 132 valence electrons. The van der Waals surface area contributed by atoms with Crippen LogP contribution in [-0.2, 0) is 13.6 Å². The molecule has 0 bridgehead atoms. The van der Waals surface area contributed by atoms with Crippen molar-refractivity contribution in [2.45, 2.75) is 31.8 Å². The van der Waals surface area contributed by atoms with Crippen molar-refractivity contribution in [2.75, 3.05) is 6.54 Å². The Hall–Kier alpha value is -2.76. The minimum Gasteiger partial charge on any atom is -0.353 e. The van der Waals surface area contributed by atoms with Crippen molar-refractivity contribution in [2.24, 2.45) is 12.8 Å². The maximum atomic E-state index is 13.0. The summed E-state index contributed by atoms with van der Waals surface area (Å²) in [5.41, 5.74) is 7.83. The maximum Gasteiger partial charge on any atom is 0.312 e. The molecular formula is C19H24N4O2. The maximum absolute atomic E-state index is 13.0. The Morgan fingerprint density at radius 1 is 1.20 bits per heavy atom. The number of amides is 3. The molecule has 1 aromatic carbocycles. The third kappa shape index (κ3) is 3.84. The zero-order valence-corrected chi connectivity index (χ0v) is 14.4. The fourth-order valence-electron chi connectivity index (χ4n) is 3.42. The van der Waals surface area contributed by atoms with Gasteiger partial charge in [0, 0.05) is 37.6 Å². The molecule has 1 aromatic heterocycles. The number of benzene rings is 1. The molecule has 6 heteroatoms. The number of carbonyl (C=O) groups is 2. The first kappa shape index (κ1) is 17.1. The van der Waals surface area contributed by atoms with E-state index in [4.69, 9.17) is 5.73 Å². The van der Waals surface area contributed by atoms with E-state index in [0.29, 0.717) is 12.1 Å². The summed E-state index contributed by atoms with van der Waals surface area (Å²) >= 11 is 0. The van der Waals surface area contributed by atoms with E-state index in [0.717, 1.165) is 31.4 Å². The van der Waals surface area contributed by atoms with E-state index >= 15 is 0 Å². The molecule has 0 saturated carbocycles. The van der Waals surface area contributed by atoms with E-state index < -0.39 is 6.03 Å². The molecule has 3 N–H and O–H groups in total. The molecule has 1 fully saturated rings. The summed E-state index contributed by atoms with van der Waals surface area (Å²) in [4.78, 5) is 25.8. The van der Waals surface area contributed by atoms with Gasteiger partial charge < -0.3 is 20.5 Å². The number of urea groups is 1. The van der Waals surface area contributed by atoms with Crippen LogP contribution in [0.5, 0.6) is 0 Å². The smallest absolute Gasteiger partial charge is 0.312 e. The van der Waals surface area contributed by atoms with Gasteiger partial charge in [-0.25, -0.2) is 4.79 Å². The molecular weight excluding hydrogens is 316 g/mol. The number of hydrogen-bond acceptors (Lipinski definition) is 2. The molecule has 1 unspecified atom stereocenters. The van der Waals surface area contributed by atoms with Gasteiger partial charge in [0.05, 0.1) is 6.04 Å². The van der Waals surface area contributed by atoms with Gasteiger partial charge in [-0.2, -0.15) is 0 Å². The van der Waals surface area contributed by atoms with Crippen LogP contribution >= 0.6 is 0 Å². The van der Waals surface area contributed by atoms with Gasteiger partial charge in [-0.3, -0.25) is 4.79 Å². The summed E-state index contributed by atoms with van der Waals surface area (Å²) in [6.45, 7) is 1.14. The molecule has 2 aromatic rings. The van der Waals surface area contributed by atoms with Crippen LogP contribution in [-0.4, -0.2) is 28.0 Å². The Labute approximate surface area is 147 Å². The lowest BCUT2D eigenvalue weighted by Gasteiger charge is -2.36. The first-order valence-corrected chi connectivity index (χ1v) is 8.60. The number of aryl methyl sites for hydroxylation is 1. The SMILES string of the molecule is Cn1cccc1C1CCCCN1C(=O)c1ccc(CNC(N)=O)cc1. The summed E-state index contributed by atoms with van der Waals surface area (Å²) in [5, 5.41) is 2.55. The predicted octanol–water partition coefficient (Wildman–Crippen LogP) is 2.56. The van der Waals surface area contributed by atoms with Crippen LogP contribution in [0.2, 0.25) is 0 Å². The monoisotopic (exact) mass is 340 g/mol. The minimum absolute atomic E-state index is 0.0558. The van der Waals surface area contributed by atoms with Gasteiger partial charge in [0.2, 0.25) is 0 Å². The Balaban J connectivity index is 1.76. The second-order valence-electron chi connectivity index (χ2n) is 6.47. The first-order valence-electron chi connectivity index (χ1n) is 8.60. The molecule has 1 atom stereocenters. The van der Waals surface area contributed by atoms with Gasteiger partial charge >= 0.3 is 6.03 Å². The molecule has 0 aliphatic carbocycles. The lowest BCUT2D eigenvalue weighted by Crippen LogP contribution is -2.39. The fraction of sp³-hybridized carbons (Fsp3) is 0.368. The number of nitrogens with zero attached hydrogens (tertiary/aromatic N) is 2. The van der Waals surface area contributed by atoms with E-state index in [-0.39, 0.29) is 11.9 Å². The lowest BCUT2D eigenvalue weighted by molar-refractivity contribution is 0.0602. The number of rotatable bonds is 4. The zero-order valence-electron chi connectivity index (χ0n) is 14.4. The Morgan fingerprint density at radius 2 is 1.96 bits per heavy atom. The van der Waals surface area contributed by atoms with Crippen LogP contribution in [0.1, 0.15) is 46.9 Å². The summed E-state index contributed by atoms with van der Waals surface area (Å²) < 4.78 is 2.09. The van der Waals surface area contributed by atoms with Crippen LogP contribution in [0.4, 0.5) is 4.79 Å². The summed E-state index contributed by atoms with van der Waals surface area (Å²) in [6, 6.07) is 11.0. The second-order valence-corrected chi connectivity index (χ2v) is 6.47. The van der Waals surface area contributed by atoms with Gasteiger partial charge in [0.1, 0.15) is 0 Å². The number of hydrogen-bond donors (Lipinski definition) is 2. The Bertz CT molecular complexity index is 751. The molecule has 25 heavy (non-hydrogen) atoms. The minimum atomic E-state index is -0.557. The molecule has 2 heterocycles. The van der Waals surface area contributed by atoms with Crippen LogP contribution in [0.15, 0.2) is 42.6 Å². The molecule has 1 aliphatic heterocycles. The number of nitrogens with one attached hydrogen (secondary N) is 1. The number of piperidine rings is 1. The molecule has 3 amide bonds. The summed E-state index contributed by atoms with van der Waals surface area (Å²) in [6.07, 6.45) is 5.18. The number of likely N-dealkylation sites (tertiary alicyclic amines) is 1. The van der Waals surface area contributed by atoms with E-state index in [1.54, 1.807) is 0 Å². The van der Waals surface area contributed by atoms with Crippen molar-refractivity contribution in [3.63, 3.8) is 0 Å². The number of carbonyl (C=O) groups excluding carboxylic acids is 2. The zero-order chi connectivity index (χ0) is 17.8. The van der Waals surface area contributed by atoms with Crippen molar-refractivity contribution in [1.82, 2.24) is 14.8 Å². The van der Waals surface area contributed by atoms with Gasteiger partial charge in [0.25, 0.3) is 5.91 Å². The van der Waals surface area contributed by atoms with Crippen molar-refractivity contribution in [1.29, 1.82) is 0 Å². The first-order chi connectivity index (χ1) is 12.1. The highest BCUT2D eigenvalue weighted by atomic mass is 16.2. The highest BCUT2D eigenvalue weighted by molar-refractivity contribution is 5.94. The number of nitrogens with two attached hydrogens (primary N) is 1. The topological polar surface area (TPSA) is 80.4 Å². The average Bonchev–Trinajstić information content (AvgIpc) is 3.05. The normalized spacial score (nSPS) is 17.3. The predicted molar refractivity (Wildman–Crippen MR) is 95.9 cm³/mol. The van der Waals surface area contributed by atoms with Gasteiger partial charge in [0.15, 0.2) is 0 Å².